The zero-order chi connectivity index (χ0) is 24.2. The quantitative estimate of drug-likeness (QED) is 0.354. The summed E-state index contributed by atoms with van der Waals surface area (Å²) in [5, 5.41) is 11.8. The molecular weight excluding hydrogens is 408 g/mol. The molecule has 0 aromatic carbocycles. The van der Waals surface area contributed by atoms with E-state index in [2.05, 4.69) is 59.8 Å². The average Bonchev–Trinajstić information content (AvgIpc) is 3.09. The number of rotatable bonds is 5. The molecule has 7 atom stereocenters. The Morgan fingerprint density at radius 1 is 1.12 bits per heavy atom. The van der Waals surface area contributed by atoms with Gasteiger partial charge in [-0.05, 0) is 85.2 Å². The fourth-order valence-corrected chi connectivity index (χ4v) is 7.68. The molecule has 184 valence electrons. The molecule has 0 aromatic heterocycles. The molecule has 0 saturated heterocycles. The lowest BCUT2D eigenvalue weighted by atomic mass is 9.50. The number of carbonyl (C=O) groups is 1. The minimum absolute atomic E-state index is 0.146. The topological polar surface area (TPSA) is 46.5 Å². The van der Waals surface area contributed by atoms with E-state index in [0.717, 1.165) is 32.1 Å². The molecule has 7 unspecified atom stereocenters. The molecule has 3 heteroatoms. The number of fused-ring (bicyclic) bond motifs is 4. The SMILES string of the molecule is CC(=O)OC1CCC2(C)C3=C(CCC2(O)C1)C1=CCC(C(C)C=CC(C)C(C)C)C1(C)CC3. The molecule has 4 aliphatic rings. The Hall–Kier alpha value is -1.35. The van der Waals surface area contributed by atoms with Crippen LogP contribution in [0.15, 0.2) is 34.9 Å². The van der Waals surface area contributed by atoms with E-state index in [0.29, 0.717) is 30.1 Å². The van der Waals surface area contributed by atoms with Gasteiger partial charge in [-0.2, -0.15) is 0 Å². The number of carbonyl (C=O) groups excluding carboxylic acids is 1. The Balaban J connectivity index is 1.58. The second-order valence-corrected chi connectivity index (χ2v) is 12.5. The van der Waals surface area contributed by atoms with Crippen molar-refractivity contribution in [1.82, 2.24) is 0 Å². The third kappa shape index (κ3) is 4.07. The second-order valence-electron chi connectivity index (χ2n) is 12.5. The van der Waals surface area contributed by atoms with Gasteiger partial charge in [0.25, 0.3) is 0 Å². The summed E-state index contributed by atoms with van der Waals surface area (Å²) in [5.41, 5.74) is 3.95. The summed E-state index contributed by atoms with van der Waals surface area (Å²) in [6.07, 6.45) is 14.8. The van der Waals surface area contributed by atoms with Crippen LogP contribution in [0.3, 0.4) is 0 Å². The first-order valence-electron chi connectivity index (χ1n) is 13.4. The van der Waals surface area contributed by atoms with Crippen LogP contribution >= 0.6 is 0 Å². The van der Waals surface area contributed by atoms with E-state index in [9.17, 15) is 9.90 Å². The van der Waals surface area contributed by atoms with Gasteiger partial charge in [0.2, 0.25) is 0 Å². The van der Waals surface area contributed by atoms with Crippen LogP contribution in [0.25, 0.3) is 0 Å². The van der Waals surface area contributed by atoms with E-state index < -0.39 is 5.60 Å². The van der Waals surface area contributed by atoms with Crippen molar-refractivity contribution in [2.24, 2.45) is 34.5 Å². The molecule has 3 nitrogen and oxygen atoms in total. The minimum atomic E-state index is -0.764. The summed E-state index contributed by atoms with van der Waals surface area (Å²) >= 11 is 0. The summed E-state index contributed by atoms with van der Waals surface area (Å²) in [6.45, 7) is 15.6. The van der Waals surface area contributed by atoms with Gasteiger partial charge in [0.1, 0.15) is 6.10 Å². The first-order valence-corrected chi connectivity index (χ1v) is 13.4. The number of hydrogen-bond acceptors (Lipinski definition) is 3. The monoisotopic (exact) mass is 454 g/mol. The number of aliphatic hydroxyl groups is 1. The molecule has 4 aliphatic carbocycles. The molecule has 4 rings (SSSR count). The lowest BCUT2D eigenvalue weighted by Crippen LogP contribution is -2.56. The number of allylic oxidation sites excluding steroid dienone is 5. The summed E-state index contributed by atoms with van der Waals surface area (Å²) in [5.74, 6) is 2.30. The van der Waals surface area contributed by atoms with Crippen LogP contribution in [0, 0.1) is 34.5 Å². The lowest BCUT2D eigenvalue weighted by Gasteiger charge is -2.58. The maximum absolute atomic E-state index is 11.8. The normalized spacial score (nSPS) is 40.2. The molecule has 33 heavy (non-hydrogen) atoms. The molecule has 0 radical (unpaired) electrons. The zero-order valence-corrected chi connectivity index (χ0v) is 22.0. The van der Waals surface area contributed by atoms with Crippen molar-refractivity contribution < 1.29 is 14.6 Å². The highest BCUT2D eigenvalue weighted by molar-refractivity contribution is 5.66. The van der Waals surface area contributed by atoms with Crippen molar-refractivity contribution in [3.05, 3.63) is 34.9 Å². The van der Waals surface area contributed by atoms with E-state index >= 15 is 0 Å². The highest BCUT2D eigenvalue weighted by atomic mass is 16.5. The zero-order valence-electron chi connectivity index (χ0n) is 22.0. The fraction of sp³-hybridized carbons (Fsp3) is 0.767. The van der Waals surface area contributed by atoms with Gasteiger partial charge in [-0.15, -0.1) is 0 Å². The van der Waals surface area contributed by atoms with Crippen molar-refractivity contribution >= 4 is 5.97 Å². The third-order valence-corrected chi connectivity index (χ3v) is 10.3. The van der Waals surface area contributed by atoms with Crippen LogP contribution in [-0.2, 0) is 9.53 Å². The largest absolute Gasteiger partial charge is 0.462 e. The van der Waals surface area contributed by atoms with E-state index in [1.54, 1.807) is 11.1 Å². The minimum Gasteiger partial charge on any atom is -0.462 e. The lowest BCUT2D eigenvalue weighted by molar-refractivity contribution is -0.166. The van der Waals surface area contributed by atoms with E-state index in [4.69, 9.17) is 4.74 Å². The molecular formula is C30H46O3. The highest BCUT2D eigenvalue weighted by Crippen LogP contribution is 2.65. The van der Waals surface area contributed by atoms with Crippen LogP contribution < -0.4 is 0 Å². The third-order valence-electron chi connectivity index (χ3n) is 10.3. The van der Waals surface area contributed by atoms with Gasteiger partial charge < -0.3 is 9.84 Å². The number of esters is 1. The van der Waals surface area contributed by atoms with Crippen molar-refractivity contribution in [3.8, 4) is 0 Å². The summed E-state index contributed by atoms with van der Waals surface area (Å²) in [7, 11) is 0. The Bertz CT molecular complexity index is 879. The maximum atomic E-state index is 11.8. The Morgan fingerprint density at radius 3 is 2.52 bits per heavy atom. The predicted octanol–water partition coefficient (Wildman–Crippen LogP) is 7.16. The number of hydrogen-bond donors (Lipinski definition) is 1. The van der Waals surface area contributed by atoms with E-state index in [1.165, 1.54) is 25.3 Å². The van der Waals surface area contributed by atoms with Gasteiger partial charge >= 0.3 is 5.97 Å². The standard InChI is InChI=1S/C30H46O3/c1-19(2)20(3)8-9-21(4)25-10-11-26-24-13-17-30(32)18-23(33-22(5)31)12-16-29(30,7)27(24)14-15-28(25,26)6/h8-9,11,19-21,23,25,32H,10,12-18H2,1-7H3. The summed E-state index contributed by atoms with van der Waals surface area (Å²) in [4.78, 5) is 11.5. The molecule has 0 spiro atoms. The Morgan fingerprint density at radius 2 is 1.85 bits per heavy atom. The second kappa shape index (κ2) is 8.70. The van der Waals surface area contributed by atoms with Crippen molar-refractivity contribution in [1.29, 1.82) is 0 Å². The van der Waals surface area contributed by atoms with Crippen LogP contribution in [0.1, 0.15) is 99.8 Å². The molecule has 0 bridgehead atoms. The molecule has 1 fully saturated rings. The van der Waals surface area contributed by atoms with Crippen LogP contribution in [0.2, 0.25) is 0 Å². The maximum Gasteiger partial charge on any atom is 0.302 e. The van der Waals surface area contributed by atoms with Gasteiger partial charge in [0, 0.05) is 18.8 Å². The van der Waals surface area contributed by atoms with Gasteiger partial charge in [-0.1, -0.05) is 65.3 Å². The average molecular weight is 455 g/mol. The molecule has 0 aromatic rings. The molecule has 1 N–H and O–H groups in total. The first kappa shape index (κ1) is 24.8. The Labute approximate surface area is 201 Å². The number of ether oxygens (including phenoxy) is 1. The molecule has 1 saturated carbocycles. The van der Waals surface area contributed by atoms with Gasteiger partial charge in [-0.3, -0.25) is 4.79 Å². The molecule has 0 amide bonds. The van der Waals surface area contributed by atoms with Crippen LogP contribution in [-0.4, -0.2) is 22.8 Å². The van der Waals surface area contributed by atoms with Crippen molar-refractivity contribution in [3.63, 3.8) is 0 Å². The smallest absolute Gasteiger partial charge is 0.302 e. The molecule has 0 aliphatic heterocycles. The van der Waals surface area contributed by atoms with Gasteiger partial charge in [0.05, 0.1) is 5.60 Å². The van der Waals surface area contributed by atoms with E-state index in [-0.39, 0.29) is 22.9 Å². The van der Waals surface area contributed by atoms with Crippen molar-refractivity contribution in [2.75, 3.05) is 0 Å². The van der Waals surface area contributed by atoms with E-state index in [1.807, 2.05) is 0 Å². The van der Waals surface area contributed by atoms with Gasteiger partial charge in [-0.25, -0.2) is 0 Å². The summed E-state index contributed by atoms with van der Waals surface area (Å²) < 4.78 is 5.53. The fourth-order valence-electron chi connectivity index (χ4n) is 7.68. The summed E-state index contributed by atoms with van der Waals surface area (Å²) in [6, 6.07) is 0. The van der Waals surface area contributed by atoms with Crippen LogP contribution in [0.5, 0.6) is 0 Å². The first-order chi connectivity index (χ1) is 15.4. The highest BCUT2D eigenvalue weighted by Gasteiger charge is 2.59. The molecule has 0 heterocycles. The van der Waals surface area contributed by atoms with Crippen molar-refractivity contribution in [2.45, 2.75) is 112 Å². The van der Waals surface area contributed by atoms with Gasteiger partial charge in [0.15, 0.2) is 0 Å². The Kier molecular flexibility index (Phi) is 6.53. The predicted molar refractivity (Wildman–Crippen MR) is 135 cm³/mol. The van der Waals surface area contributed by atoms with Crippen LogP contribution in [0.4, 0.5) is 0 Å².